The fourth-order valence-electron chi connectivity index (χ4n) is 2.96. The number of nitrogens with one attached hydrogen (secondary N) is 1. The summed E-state index contributed by atoms with van der Waals surface area (Å²) in [7, 11) is 0. The van der Waals surface area contributed by atoms with Crippen molar-refractivity contribution in [3.63, 3.8) is 0 Å². The Hall–Kier alpha value is -1.06. The largest absolute Gasteiger partial charge is 0.340 e. The number of amides is 2. The van der Waals surface area contributed by atoms with Crippen LogP contribution in [0.5, 0.6) is 0 Å². The van der Waals surface area contributed by atoms with Crippen LogP contribution in [-0.4, -0.2) is 34.8 Å². The van der Waals surface area contributed by atoms with Crippen LogP contribution in [-0.2, 0) is 9.59 Å². The quantitative estimate of drug-likeness (QED) is 0.825. The van der Waals surface area contributed by atoms with Gasteiger partial charge < -0.3 is 10.2 Å². The van der Waals surface area contributed by atoms with Crippen LogP contribution in [0.15, 0.2) is 0 Å². The molecule has 2 fully saturated rings. The van der Waals surface area contributed by atoms with Gasteiger partial charge in [-0.2, -0.15) is 0 Å². The summed E-state index contributed by atoms with van der Waals surface area (Å²) in [5.74, 6) is 0.883. The van der Waals surface area contributed by atoms with Crippen LogP contribution < -0.4 is 5.32 Å². The van der Waals surface area contributed by atoms with Crippen molar-refractivity contribution < 1.29 is 9.59 Å². The lowest BCUT2D eigenvalue weighted by molar-refractivity contribution is -0.155. The number of nitrogens with zero attached hydrogens (tertiary/aromatic N) is 1. The molecule has 2 aliphatic rings. The van der Waals surface area contributed by atoms with E-state index >= 15 is 0 Å². The Morgan fingerprint density at radius 2 is 2.00 bits per heavy atom. The first-order valence-electron chi connectivity index (χ1n) is 7.03. The number of rotatable bonds is 4. The molecule has 18 heavy (non-hydrogen) atoms. The highest BCUT2D eigenvalue weighted by Gasteiger charge is 2.54. The summed E-state index contributed by atoms with van der Waals surface area (Å²) >= 11 is 0. The van der Waals surface area contributed by atoms with Gasteiger partial charge in [0.15, 0.2) is 0 Å². The highest BCUT2D eigenvalue weighted by atomic mass is 16.2. The van der Waals surface area contributed by atoms with Gasteiger partial charge in [-0.1, -0.05) is 13.8 Å². The van der Waals surface area contributed by atoms with E-state index in [1.165, 1.54) is 0 Å². The molecule has 1 aliphatic carbocycles. The molecular weight excluding hydrogens is 228 g/mol. The molecule has 1 N–H and O–H groups in total. The van der Waals surface area contributed by atoms with E-state index in [1.54, 1.807) is 4.90 Å². The molecule has 0 aromatic carbocycles. The van der Waals surface area contributed by atoms with Crippen LogP contribution in [0.1, 0.15) is 47.0 Å². The molecule has 2 atom stereocenters. The first-order chi connectivity index (χ1) is 8.40. The van der Waals surface area contributed by atoms with Crippen molar-refractivity contribution in [2.24, 2.45) is 11.8 Å². The highest BCUT2D eigenvalue weighted by Crippen LogP contribution is 2.42. The Kier molecular flexibility index (Phi) is 3.39. The van der Waals surface area contributed by atoms with Gasteiger partial charge >= 0.3 is 0 Å². The molecule has 1 aliphatic heterocycles. The van der Waals surface area contributed by atoms with Crippen LogP contribution in [0.2, 0.25) is 0 Å². The van der Waals surface area contributed by atoms with Gasteiger partial charge in [0.2, 0.25) is 11.8 Å². The Labute approximate surface area is 109 Å². The molecule has 0 spiro atoms. The van der Waals surface area contributed by atoms with Gasteiger partial charge in [0.1, 0.15) is 11.6 Å². The van der Waals surface area contributed by atoms with Crippen molar-refractivity contribution in [1.82, 2.24) is 10.2 Å². The molecule has 0 bridgehead atoms. The smallest absolute Gasteiger partial charge is 0.248 e. The van der Waals surface area contributed by atoms with Gasteiger partial charge in [0.05, 0.1) is 0 Å². The monoisotopic (exact) mass is 252 g/mol. The molecule has 1 saturated carbocycles. The van der Waals surface area contributed by atoms with Gasteiger partial charge in [-0.3, -0.25) is 9.59 Å². The summed E-state index contributed by atoms with van der Waals surface area (Å²) in [4.78, 5) is 26.7. The molecule has 0 radical (unpaired) electrons. The van der Waals surface area contributed by atoms with Crippen molar-refractivity contribution in [3.8, 4) is 0 Å². The summed E-state index contributed by atoms with van der Waals surface area (Å²) < 4.78 is 0. The Morgan fingerprint density at radius 1 is 1.39 bits per heavy atom. The number of carbonyl (C=O) groups excluding carboxylic acids is 2. The second-order valence-corrected chi connectivity index (χ2v) is 6.20. The van der Waals surface area contributed by atoms with E-state index < -0.39 is 5.54 Å². The molecule has 0 aromatic rings. The number of piperazine rings is 1. The fraction of sp³-hybridized carbons (Fsp3) is 0.857. The zero-order valence-electron chi connectivity index (χ0n) is 11.8. The van der Waals surface area contributed by atoms with E-state index in [2.05, 4.69) is 19.2 Å². The molecule has 102 valence electrons. The zero-order chi connectivity index (χ0) is 13.5. The van der Waals surface area contributed by atoms with Crippen LogP contribution in [0.3, 0.4) is 0 Å². The topological polar surface area (TPSA) is 49.4 Å². The first kappa shape index (κ1) is 13.4. The second-order valence-electron chi connectivity index (χ2n) is 6.20. The van der Waals surface area contributed by atoms with Gasteiger partial charge in [-0.15, -0.1) is 0 Å². The molecular formula is C14H24N2O2. The van der Waals surface area contributed by atoms with Crippen LogP contribution in [0, 0.1) is 11.8 Å². The number of likely N-dealkylation sites (N-methyl/N-ethyl adjacent to an activating group) is 1. The average Bonchev–Trinajstić information content (AvgIpc) is 3.10. The summed E-state index contributed by atoms with van der Waals surface area (Å²) in [6.07, 6.45) is 2.84. The van der Waals surface area contributed by atoms with Crippen molar-refractivity contribution in [1.29, 1.82) is 0 Å². The summed E-state index contributed by atoms with van der Waals surface area (Å²) in [5.41, 5.74) is -0.652. The lowest BCUT2D eigenvalue weighted by Gasteiger charge is -2.44. The van der Waals surface area contributed by atoms with E-state index in [4.69, 9.17) is 0 Å². The lowest BCUT2D eigenvalue weighted by atomic mass is 9.87. The van der Waals surface area contributed by atoms with E-state index in [0.717, 1.165) is 19.3 Å². The normalized spacial score (nSPS) is 32.9. The number of carbonyl (C=O) groups is 2. The minimum atomic E-state index is -0.652. The van der Waals surface area contributed by atoms with Gasteiger partial charge in [-0.05, 0) is 44.9 Å². The van der Waals surface area contributed by atoms with Gasteiger partial charge in [-0.25, -0.2) is 0 Å². The maximum Gasteiger partial charge on any atom is 0.248 e. The van der Waals surface area contributed by atoms with Crippen LogP contribution in [0.25, 0.3) is 0 Å². The lowest BCUT2D eigenvalue weighted by Crippen LogP contribution is -2.70. The number of hydrogen-bond donors (Lipinski definition) is 1. The molecule has 2 unspecified atom stereocenters. The Bertz CT molecular complexity index is 363. The van der Waals surface area contributed by atoms with E-state index in [9.17, 15) is 9.59 Å². The predicted octanol–water partition coefficient (Wildman–Crippen LogP) is 1.55. The maximum atomic E-state index is 12.6. The minimum absolute atomic E-state index is 0.0274. The average molecular weight is 252 g/mol. The molecule has 4 heteroatoms. The third-order valence-corrected chi connectivity index (χ3v) is 4.20. The third kappa shape index (κ3) is 2.13. The maximum absolute atomic E-state index is 12.6. The first-order valence-corrected chi connectivity index (χ1v) is 7.03. The SMILES string of the molecule is CCN1C(=O)C(C)(C2CC2)NC(=O)C1CC(C)C. The summed E-state index contributed by atoms with van der Waals surface area (Å²) in [6, 6.07) is -0.283. The van der Waals surface area contributed by atoms with Crippen LogP contribution >= 0.6 is 0 Å². The standard InChI is InChI=1S/C14H24N2O2/c1-5-16-11(8-9(2)3)12(17)15-14(4,13(16)18)10-6-7-10/h9-11H,5-8H2,1-4H3,(H,15,17). The summed E-state index contributed by atoms with van der Waals surface area (Å²) in [6.45, 7) is 8.63. The van der Waals surface area contributed by atoms with Crippen molar-refractivity contribution in [3.05, 3.63) is 0 Å². The third-order valence-electron chi connectivity index (χ3n) is 4.20. The second kappa shape index (κ2) is 4.56. The Balaban J connectivity index is 2.22. The number of hydrogen-bond acceptors (Lipinski definition) is 2. The Morgan fingerprint density at radius 3 is 2.44 bits per heavy atom. The van der Waals surface area contributed by atoms with Crippen molar-refractivity contribution in [2.75, 3.05) is 6.54 Å². The molecule has 2 rings (SSSR count). The fourth-order valence-corrected chi connectivity index (χ4v) is 2.96. The minimum Gasteiger partial charge on any atom is -0.340 e. The molecule has 0 aromatic heterocycles. The van der Waals surface area contributed by atoms with Crippen molar-refractivity contribution in [2.45, 2.75) is 58.5 Å². The van der Waals surface area contributed by atoms with Crippen LogP contribution in [0.4, 0.5) is 0 Å². The predicted molar refractivity (Wildman–Crippen MR) is 69.9 cm³/mol. The van der Waals surface area contributed by atoms with E-state index in [0.29, 0.717) is 18.4 Å². The molecule has 2 amide bonds. The summed E-state index contributed by atoms with van der Waals surface area (Å²) in [5, 5.41) is 2.99. The zero-order valence-corrected chi connectivity index (χ0v) is 11.8. The van der Waals surface area contributed by atoms with E-state index in [1.807, 2.05) is 13.8 Å². The van der Waals surface area contributed by atoms with Gasteiger partial charge in [0.25, 0.3) is 0 Å². The molecule has 1 saturated heterocycles. The molecule has 1 heterocycles. The van der Waals surface area contributed by atoms with E-state index in [-0.39, 0.29) is 17.9 Å². The van der Waals surface area contributed by atoms with Gasteiger partial charge in [0, 0.05) is 6.54 Å². The highest BCUT2D eigenvalue weighted by molar-refractivity contribution is 6.00. The molecule has 4 nitrogen and oxygen atoms in total. The van der Waals surface area contributed by atoms with Crippen molar-refractivity contribution >= 4 is 11.8 Å².